The lowest BCUT2D eigenvalue weighted by Crippen LogP contribution is -2.48. The smallest absolute Gasteiger partial charge is 0.291 e. The van der Waals surface area contributed by atoms with Gasteiger partial charge < -0.3 is 10.2 Å². The normalized spacial score (nSPS) is 15.7. The van der Waals surface area contributed by atoms with E-state index >= 15 is 0 Å². The molecule has 1 atom stereocenters. The number of rotatable bonds is 6. The number of nitrogens with zero attached hydrogens (tertiary/aromatic N) is 4. The first-order valence-electron chi connectivity index (χ1n) is 14.6. The van der Waals surface area contributed by atoms with Gasteiger partial charge in [0, 0.05) is 10.5 Å². The number of amides is 1. The summed E-state index contributed by atoms with van der Waals surface area (Å²) in [7, 11) is -3.71. The van der Waals surface area contributed by atoms with Gasteiger partial charge in [0.2, 0.25) is 15.7 Å². The van der Waals surface area contributed by atoms with Crippen molar-refractivity contribution >= 4 is 50.5 Å². The fourth-order valence-electron chi connectivity index (χ4n) is 5.96. The van der Waals surface area contributed by atoms with Gasteiger partial charge in [0.15, 0.2) is 5.82 Å². The van der Waals surface area contributed by atoms with Crippen LogP contribution in [-0.2, 0) is 14.6 Å². The Hall–Kier alpha value is -4.67. The second kappa shape index (κ2) is 11.0. The second-order valence-electron chi connectivity index (χ2n) is 11.4. The van der Waals surface area contributed by atoms with Crippen LogP contribution in [0.2, 0.25) is 0 Å². The monoisotopic (exact) mass is 633 g/mol. The molecule has 0 saturated heterocycles. The largest absolute Gasteiger partial charge is 0.317 e. The molecule has 0 saturated carbocycles. The minimum absolute atomic E-state index is 0.189. The number of nitrogens with one attached hydrogen (secondary N) is 1. The highest BCUT2D eigenvalue weighted by atomic mass is 32.2. The zero-order chi connectivity index (χ0) is 31.5. The summed E-state index contributed by atoms with van der Waals surface area (Å²) in [4.78, 5) is 22.0. The molecule has 0 spiro atoms. The molecule has 1 amide bonds. The minimum Gasteiger partial charge on any atom is -0.317 e. The van der Waals surface area contributed by atoms with Gasteiger partial charge in [0.05, 0.1) is 38.6 Å². The molecule has 10 heteroatoms. The average molecular weight is 634 g/mol. The SMILES string of the molecule is CSc1ccc([C@@H]2c3c(C)nn(-c4ccc(S(=O)(=O)c5ccc(C(C)C)cc5)cc4)c3N=C3C(=O)Nc4ccccc4N32)cc1. The molecule has 4 aromatic carbocycles. The van der Waals surface area contributed by atoms with Crippen LogP contribution in [0.4, 0.5) is 17.2 Å². The van der Waals surface area contributed by atoms with Crippen molar-refractivity contribution in [3.05, 3.63) is 119 Å². The third-order valence-electron chi connectivity index (χ3n) is 8.35. The Labute approximate surface area is 266 Å². The van der Waals surface area contributed by atoms with Crippen LogP contribution in [0.3, 0.4) is 0 Å². The number of hydrogen-bond acceptors (Lipinski definition) is 7. The number of amidine groups is 1. The fraction of sp³-hybridized carbons (Fsp3) is 0.171. The van der Waals surface area contributed by atoms with Crippen molar-refractivity contribution in [1.29, 1.82) is 0 Å². The molecule has 1 aromatic heterocycles. The van der Waals surface area contributed by atoms with Gasteiger partial charge in [-0.25, -0.2) is 18.1 Å². The number of benzene rings is 4. The highest BCUT2D eigenvalue weighted by Crippen LogP contribution is 2.47. The predicted molar refractivity (Wildman–Crippen MR) is 179 cm³/mol. The highest BCUT2D eigenvalue weighted by molar-refractivity contribution is 7.98. The summed E-state index contributed by atoms with van der Waals surface area (Å²) in [6.07, 6.45) is 2.04. The molecule has 2 aliphatic heterocycles. The molecule has 5 aromatic rings. The first-order valence-corrected chi connectivity index (χ1v) is 17.4. The molecule has 8 nitrogen and oxygen atoms in total. The van der Waals surface area contributed by atoms with Gasteiger partial charge in [-0.2, -0.15) is 5.10 Å². The molecule has 226 valence electrons. The van der Waals surface area contributed by atoms with E-state index in [1.807, 2.05) is 54.5 Å². The molecule has 45 heavy (non-hydrogen) atoms. The van der Waals surface area contributed by atoms with E-state index in [1.54, 1.807) is 52.8 Å². The maximum atomic E-state index is 13.5. The van der Waals surface area contributed by atoms with Crippen LogP contribution in [0.5, 0.6) is 0 Å². The van der Waals surface area contributed by atoms with E-state index < -0.39 is 9.84 Å². The van der Waals surface area contributed by atoms with E-state index in [4.69, 9.17) is 10.1 Å². The molecule has 0 fully saturated rings. The average Bonchev–Trinajstić information content (AvgIpc) is 3.39. The van der Waals surface area contributed by atoms with Crippen LogP contribution >= 0.6 is 11.8 Å². The summed E-state index contributed by atoms with van der Waals surface area (Å²) in [6, 6.07) is 29.4. The van der Waals surface area contributed by atoms with E-state index in [9.17, 15) is 13.2 Å². The van der Waals surface area contributed by atoms with Gasteiger partial charge in [-0.1, -0.05) is 50.2 Å². The van der Waals surface area contributed by atoms with Crippen LogP contribution in [0.25, 0.3) is 5.69 Å². The first-order chi connectivity index (χ1) is 21.7. The molecule has 1 N–H and O–H groups in total. The molecule has 0 radical (unpaired) electrons. The van der Waals surface area contributed by atoms with Crippen molar-refractivity contribution in [3.8, 4) is 5.69 Å². The zero-order valence-electron chi connectivity index (χ0n) is 25.2. The Bertz CT molecular complexity index is 2080. The van der Waals surface area contributed by atoms with E-state index in [2.05, 4.69) is 43.4 Å². The molecule has 0 aliphatic carbocycles. The summed E-state index contributed by atoms with van der Waals surface area (Å²) < 4.78 is 28.6. The Kier molecular flexibility index (Phi) is 7.13. The quantitative estimate of drug-likeness (QED) is 0.195. The van der Waals surface area contributed by atoms with E-state index in [1.165, 1.54) is 0 Å². The zero-order valence-corrected chi connectivity index (χ0v) is 26.9. The number of aromatic nitrogens is 2. The van der Waals surface area contributed by atoms with Gasteiger partial charge >= 0.3 is 0 Å². The van der Waals surface area contributed by atoms with Crippen molar-refractivity contribution in [2.24, 2.45) is 4.99 Å². The van der Waals surface area contributed by atoms with Crippen LogP contribution in [0.15, 0.2) is 117 Å². The van der Waals surface area contributed by atoms with Gasteiger partial charge in [0.25, 0.3) is 5.91 Å². The Balaban J connectivity index is 1.34. The molecule has 0 unspecified atom stereocenters. The van der Waals surface area contributed by atoms with Gasteiger partial charge in [0.1, 0.15) is 0 Å². The van der Waals surface area contributed by atoms with Crippen LogP contribution in [0, 0.1) is 6.92 Å². The number of para-hydroxylation sites is 2. The standard InChI is InChI=1S/C35H31N5O3S2/c1-21(2)23-11-17-27(18-12-23)45(42,43)28-19-13-25(14-20-28)40-33-31(22(3)38-40)32(24-9-15-26(44-4)16-10-24)39-30-8-6-5-7-29(30)36-35(41)34(39)37-33/h5-21,32H,1-4H3,(H,36,41)/t32-/m1/s1. The maximum absolute atomic E-state index is 13.5. The van der Waals surface area contributed by atoms with Gasteiger partial charge in [-0.3, -0.25) is 4.79 Å². The second-order valence-corrected chi connectivity index (χ2v) is 14.2. The lowest BCUT2D eigenvalue weighted by atomic mass is 9.93. The first kappa shape index (κ1) is 29.1. The van der Waals surface area contributed by atoms with E-state index in [0.29, 0.717) is 17.4 Å². The third-order valence-corrected chi connectivity index (χ3v) is 10.9. The van der Waals surface area contributed by atoms with Crippen molar-refractivity contribution in [2.75, 3.05) is 16.5 Å². The lowest BCUT2D eigenvalue weighted by molar-refractivity contribution is -0.110. The molecular formula is C35H31N5O3S2. The minimum atomic E-state index is -3.71. The number of carbonyl (C=O) groups excluding carboxylic acids is 1. The maximum Gasteiger partial charge on any atom is 0.291 e. The Morgan fingerprint density at radius 1 is 0.867 bits per heavy atom. The topological polar surface area (TPSA) is 96.7 Å². The molecule has 7 rings (SSSR count). The van der Waals surface area contributed by atoms with Crippen LogP contribution < -0.4 is 10.2 Å². The third kappa shape index (κ3) is 4.85. The number of hydrogen-bond donors (Lipinski definition) is 1. The van der Waals surface area contributed by atoms with E-state index in [0.717, 1.165) is 38.7 Å². The molecule has 0 bridgehead atoms. The fourth-order valence-corrected chi connectivity index (χ4v) is 7.63. The van der Waals surface area contributed by atoms with Gasteiger partial charge in [-0.15, -0.1) is 11.8 Å². The number of aryl methyl sites for hydroxylation is 1. The number of anilines is 2. The number of thioether (sulfide) groups is 1. The van der Waals surface area contributed by atoms with Crippen molar-refractivity contribution in [1.82, 2.24) is 9.78 Å². The summed E-state index contributed by atoms with van der Waals surface area (Å²) in [5, 5.41) is 7.87. The lowest BCUT2D eigenvalue weighted by Gasteiger charge is -2.40. The Morgan fingerprint density at radius 2 is 1.51 bits per heavy atom. The summed E-state index contributed by atoms with van der Waals surface area (Å²) >= 11 is 1.67. The van der Waals surface area contributed by atoms with Crippen molar-refractivity contribution in [3.63, 3.8) is 0 Å². The highest BCUT2D eigenvalue weighted by Gasteiger charge is 2.42. The van der Waals surface area contributed by atoms with Crippen LogP contribution in [-0.4, -0.2) is 36.2 Å². The molecule has 3 heterocycles. The number of carbonyl (C=O) groups is 1. The molecule has 2 aliphatic rings. The number of sulfone groups is 1. The predicted octanol–water partition coefficient (Wildman–Crippen LogP) is 7.45. The van der Waals surface area contributed by atoms with Gasteiger partial charge in [-0.05, 0) is 90.9 Å². The summed E-state index contributed by atoms with van der Waals surface area (Å²) in [5.74, 6) is 0.807. The summed E-state index contributed by atoms with van der Waals surface area (Å²) in [6.45, 7) is 6.08. The summed E-state index contributed by atoms with van der Waals surface area (Å²) in [5.41, 5.74) is 5.92. The van der Waals surface area contributed by atoms with E-state index in [-0.39, 0.29) is 27.6 Å². The number of aliphatic imine (C=N–C) groups is 1. The Morgan fingerprint density at radius 3 is 2.16 bits per heavy atom. The molecular weight excluding hydrogens is 603 g/mol. The van der Waals surface area contributed by atoms with Crippen LogP contribution in [0.1, 0.15) is 48.2 Å². The van der Waals surface area contributed by atoms with Crippen molar-refractivity contribution in [2.45, 2.75) is 47.4 Å². The number of fused-ring (bicyclic) bond motifs is 4. The van der Waals surface area contributed by atoms with Crippen molar-refractivity contribution < 1.29 is 13.2 Å².